The van der Waals surface area contributed by atoms with E-state index in [-0.39, 0.29) is 6.04 Å². The zero-order valence-corrected chi connectivity index (χ0v) is 17.4. The molecule has 0 saturated heterocycles. The Hall–Kier alpha value is -3.73. The Morgan fingerprint density at radius 2 is 1.90 bits per heavy atom. The fourth-order valence-electron chi connectivity index (χ4n) is 4.76. The molecule has 0 spiro atoms. The van der Waals surface area contributed by atoms with Crippen molar-refractivity contribution in [2.45, 2.75) is 25.3 Å². The second-order valence-electron chi connectivity index (χ2n) is 8.28. The number of hydrogen-bond donors (Lipinski definition) is 1. The number of nitrogens with zero attached hydrogens (tertiary/aromatic N) is 4. The van der Waals surface area contributed by atoms with Crippen LogP contribution in [0.3, 0.4) is 0 Å². The molecule has 6 rings (SSSR count). The van der Waals surface area contributed by atoms with Crippen molar-refractivity contribution in [2.75, 3.05) is 5.32 Å². The van der Waals surface area contributed by atoms with Crippen molar-refractivity contribution in [2.24, 2.45) is 7.05 Å². The fraction of sp³-hybridized carbons (Fsp3) is 0.192. The number of benzene rings is 2. The summed E-state index contributed by atoms with van der Waals surface area (Å²) < 4.78 is 2.15. The lowest BCUT2D eigenvalue weighted by Gasteiger charge is -2.26. The molecule has 0 saturated carbocycles. The van der Waals surface area contributed by atoms with Gasteiger partial charge in [0.15, 0.2) is 0 Å². The predicted molar refractivity (Wildman–Crippen MR) is 125 cm³/mol. The molecule has 1 N–H and O–H groups in total. The Morgan fingerprint density at radius 3 is 2.87 bits per heavy atom. The van der Waals surface area contributed by atoms with E-state index in [2.05, 4.69) is 80.5 Å². The molecule has 2 aromatic carbocycles. The van der Waals surface area contributed by atoms with Crippen molar-refractivity contribution >= 4 is 27.6 Å². The minimum Gasteiger partial charge on any atom is -0.378 e. The second-order valence-corrected chi connectivity index (χ2v) is 8.28. The third-order valence-electron chi connectivity index (χ3n) is 6.32. The van der Waals surface area contributed by atoms with Gasteiger partial charge in [-0.3, -0.25) is 15.0 Å². The first-order valence-electron chi connectivity index (χ1n) is 10.8. The number of nitrogens with one attached hydrogen (secondary N) is 1. The van der Waals surface area contributed by atoms with E-state index in [1.165, 1.54) is 22.2 Å². The van der Waals surface area contributed by atoms with Crippen LogP contribution in [0.5, 0.6) is 0 Å². The molecule has 0 amide bonds. The SMILES string of the molecule is Cn1ccc2ccc(-c3cc(NC4CCCc5ncccc54)cc4nccnc34)cc21. The molecule has 5 nitrogen and oxygen atoms in total. The van der Waals surface area contributed by atoms with E-state index in [1.807, 2.05) is 12.3 Å². The Bertz CT molecular complexity index is 1420. The van der Waals surface area contributed by atoms with Gasteiger partial charge in [0.1, 0.15) is 0 Å². The number of hydrogen-bond acceptors (Lipinski definition) is 4. The van der Waals surface area contributed by atoms with Crippen LogP contribution in [-0.2, 0) is 13.5 Å². The van der Waals surface area contributed by atoms with Crippen LogP contribution in [-0.4, -0.2) is 19.5 Å². The van der Waals surface area contributed by atoms with Gasteiger partial charge in [0, 0.05) is 54.3 Å². The van der Waals surface area contributed by atoms with Gasteiger partial charge in [-0.05, 0) is 66.1 Å². The molecule has 1 atom stereocenters. The highest BCUT2D eigenvalue weighted by Gasteiger charge is 2.21. The maximum Gasteiger partial charge on any atom is 0.0966 e. The monoisotopic (exact) mass is 405 g/mol. The molecule has 0 radical (unpaired) electrons. The van der Waals surface area contributed by atoms with Crippen LogP contribution in [0.4, 0.5) is 5.69 Å². The molecule has 3 heterocycles. The topological polar surface area (TPSA) is 55.6 Å². The van der Waals surface area contributed by atoms with Crippen LogP contribution in [0.2, 0.25) is 0 Å². The van der Waals surface area contributed by atoms with Gasteiger partial charge in [-0.25, -0.2) is 0 Å². The summed E-state index contributed by atoms with van der Waals surface area (Å²) in [5, 5.41) is 5.01. The van der Waals surface area contributed by atoms with Crippen molar-refractivity contribution in [3.8, 4) is 11.1 Å². The first-order chi connectivity index (χ1) is 15.3. The molecule has 0 bridgehead atoms. The number of fused-ring (bicyclic) bond motifs is 3. The number of pyridine rings is 1. The van der Waals surface area contributed by atoms with Crippen LogP contribution in [0.25, 0.3) is 33.1 Å². The van der Waals surface area contributed by atoms with Gasteiger partial charge >= 0.3 is 0 Å². The molecule has 1 aliphatic rings. The highest BCUT2D eigenvalue weighted by Crippen LogP contribution is 2.36. The van der Waals surface area contributed by atoms with E-state index in [0.29, 0.717) is 0 Å². The highest BCUT2D eigenvalue weighted by atomic mass is 14.9. The lowest BCUT2D eigenvalue weighted by Crippen LogP contribution is -2.18. The summed E-state index contributed by atoms with van der Waals surface area (Å²) in [6.45, 7) is 0. The zero-order chi connectivity index (χ0) is 20.8. The minimum absolute atomic E-state index is 0.259. The zero-order valence-electron chi connectivity index (χ0n) is 17.4. The van der Waals surface area contributed by atoms with E-state index in [0.717, 1.165) is 47.1 Å². The largest absolute Gasteiger partial charge is 0.378 e. The fourth-order valence-corrected chi connectivity index (χ4v) is 4.76. The smallest absolute Gasteiger partial charge is 0.0966 e. The Balaban J connectivity index is 1.47. The van der Waals surface area contributed by atoms with Crippen molar-refractivity contribution in [1.82, 2.24) is 19.5 Å². The Morgan fingerprint density at radius 1 is 0.968 bits per heavy atom. The quantitative estimate of drug-likeness (QED) is 0.420. The third kappa shape index (κ3) is 3.13. The maximum absolute atomic E-state index is 4.66. The van der Waals surface area contributed by atoms with E-state index in [9.17, 15) is 0 Å². The molecule has 31 heavy (non-hydrogen) atoms. The molecule has 5 aromatic rings. The van der Waals surface area contributed by atoms with Gasteiger partial charge in [-0.2, -0.15) is 0 Å². The van der Waals surface area contributed by atoms with Crippen molar-refractivity contribution < 1.29 is 0 Å². The van der Waals surface area contributed by atoms with Gasteiger partial charge in [-0.15, -0.1) is 0 Å². The molecular formula is C26H23N5. The summed E-state index contributed by atoms with van der Waals surface area (Å²) in [6, 6.07) is 17.5. The first kappa shape index (κ1) is 18.1. The molecule has 0 aliphatic heterocycles. The molecule has 1 unspecified atom stereocenters. The molecule has 5 heteroatoms. The Kier molecular flexibility index (Phi) is 4.20. The van der Waals surface area contributed by atoms with Crippen LogP contribution in [0.15, 0.2) is 73.3 Å². The summed E-state index contributed by atoms with van der Waals surface area (Å²) in [5.74, 6) is 0. The van der Waals surface area contributed by atoms with Gasteiger partial charge < -0.3 is 9.88 Å². The van der Waals surface area contributed by atoms with Gasteiger partial charge in [-0.1, -0.05) is 18.2 Å². The van der Waals surface area contributed by atoms with E-state index in [4.69, 9.17) is 0 Å². The molecule has 152 valence electrons. The molecular weight excluding hydrogens is 382 g/mol. The molecule has 3 aromatic heterocycles. The van der Waals surface area contributed by atoms with Crippen molar-refractivity contribution in [1.29, 1.82) is 0 Å². The lowest BCUT2D eigenvalue weighted by molar-refractivity contribution is 0.588. The van der Waals surface area contributed by atoms with Gasteiger partial charge in [0.2, 0.25) is 0 Å². The summed E-state index contributed by atoms with van der Waals surface area (Å²) in [4.78, 5) is 13.9. The van der Waals surface area contributed by atoms with Crippen molar-refractivity contribution in [3.63, 3.8) is 0 Å². The standard InChI is InChI=1S/C26H23N5/c1-31-13-9-17-7-8-18(14-25(17)31)21-15-19(16-24-26(21)29-12-11-28-24)30-23-6-2-5-22-20(23)4-3-10-27-22/h3-4,7-16,23,30H,2,5-6H2,1H3. The van der Waals surface area contributed by atoms with E-state index >= 15 is 0 Å². The van der Waals surface area contributed by atoms with Crippen LogP contribution in [0.1, 0.15) is 30.1 Å². The van der Waals surface area contributed by atoms with Crippen LogP contribution < -0.4 is 5.32 Å². The van der Waals surface area contributed by atoms with E-state index < -0.39 is 0 Å². The Labute approximate surface area is 180 Å². The average molecular weight is 406 g/mol. The van der Waals surface area contributed by atoms with Crippen LogP contribution in [0, 0.1) is 0 Å². The molecule has 0 fully saturated rings. The lowest BCUT2D eigenvalue weighted by atomic mass is 9.91. The number of aryl methyl sites for hydroxylation is 2. The summed E-state index contributed by atoms with van der Waals surface area (Å²) in [7, 11) is 2.08. The summed E-state index contributed by atoms with van der Waals surface area (Å²) >= 11 is 0. The summed E-state index contributed by atoms with van der Waals surface area (Å²) in [5.41, 5.74) is 8.86. The normalized spacial score (nSPS) is 15.8. The van der Waals surface area contributed by atoms with E-state index in [1.54, 1.807) is 12.4 Å². The van der Waals surface area contributed by atoms with Gasteiger partial charge in [0.25, 0.3) is 0 Å². The average Bonchev–Trinajstić information content (AvgIpc) is 3.19. The van der Waals surface area contributed by atoms with Crippen LogP contribution >= 0.6 is 0 Å². The first-order valence-corrected chi connectivity index (χ1v) is 10.8. The molecule has 1 aliphatic carbocycles. The third-order valence-corrected chi connectivity index (χ3v) is 6.32. The highest BCUT2D eigenvalue weighted by molar-refractivity contribution is 5.97. The minimum atomic E-state index is 0.259. The maximum atomic E-state index is 4.66. The number of aromatic nitrogens is 4. The van der Waals surface area contributed by atoms with Crippen molar-refractivity contribution in [3.05, 3.63) is 84.6 Å². The van der Waals surface area contributed by atoms with Gasteiger partial charge in [0.05, 0.1) is 17.1 Å². The summed E-state index contributed by atoms with van der Waals surface area (Å²) in [6.07, 6.45) is 10.8. The predicted octanol–water partition coefficient (Wildman–Crippen LogP) is 5.67. The second kappa shape index (κ2) is 7.20. The number of rotatable bonds is 3. The number of anilines is 1.